The fourth-order valence-electron chi connectivity index (χ4n) is 2.41. The Labute approximate surface area is 152 Å². The molecule has 0 amide bonds. The van der Waals surface area contributed by atoms with Gasteiger partial charge in [-0.15, -0.1) is 11.8 Å². The van der Waals surface area contributed by atoms with Crippen molar-refractivity contribution < 1.29 is 18.0 Å². The minimum atomic E-state index is -3.50. The van der Waals surface area contributed by atoms with Crippen LogP contribution in [0.4, 0.5) is 10.1 Å². The number of benzene rings is 2. The highest BCUT2D eigenvalue weighted by molar-refractivity contribution is 7.98. The second kappa shape index (κ2) is 9.39. The van der Waals surface area contributed by atoms with E-state index in [4.69, 9.17) is 9.05 Å². The molecule has 0 aliphatic rings. The molecular weight excluding hydrogens is 360 g/mol. The van der Waals surface area contributed by atoms with E-state index in [-0.39, 0.29) is 19.0 Å². The number of hydrogen-bond donors (Lipinski definition) is 1. The molecule has 2 aromatic rings. The van der Waals surface area contributed by atoms with Gasteiger partial charge in [0.25, 0.3) is 0 Å². The normalized spacial score (nSPS) is 12.8. The Morgan fingerprint density at radius 2 is 1.76 bits per heavy atom. The maximum absolute atomic E-state index is 13.5. The van der Waals surface area contributed by atoms with Crippen LogP contribution in [0.15, 0.2) is 53.4 Å². The molecular formula is C18H23FNO3PS. The van der Waals surface area contributed by atoms with E-state index >= 15 is 0 Å². The van der Waals surface area contributed by atoms with Gasteiger partial charge in [-0.2, -0.15) is 0 Å². The number of hydrogen-bond acceptors (Lipinski definition) is 5. The van der Waals surface area contributed by atoms with Crippen LogP contribution >= 0.6 is 19.4 Å². The molecule has 0 aromatic heterocycles. The van der Waals surface area contributed by atoms with Crippen molar-refractivity contribution in [2.24, 2.45) is 0 Å². The molecule has 4 nitrogen and oxygen atoms in total. The lowest BCUT2D eigenvalue weighted by Gasteiger charge is -2.28. The van der Waals surface area contributed by atoms with Crippen molar-refractivity contribution in [1.29, 1.82) is 0 Å². The minimum absolute atomic E-state index is 0.251. The molecule has 0 aliphatic carbocycles. The monoisotopic (exact) mass is 383 g/mol. The maximum Gasteiger partial charge on any atom is 0.357 e. The Morgan fingerprint density at radius 3 is 2.28 bits per heavy atom. The van der Waals surface area contributed by atoms with Crippen LogP contribution in [0.3, 0.4) is 0 Å². The Morgan fingerprint density at radius 1 is 1.12 bits per heavy atom. The van der Waals surface area contributed by atoms with Crippen molar-refractivity contribution in [2.45, 2.75) is 24.5 Å². The second-order valence-electron chi connectivity index (χ2n) is 5.21. The van der Waals surface area contributed by atoms with Gasteiger partial charge in [-0.25, -0.2) is 4.39 Å². The average molecular weight is 383 g/mol. The summed E-state index contributed by atoms with van der Waals surface area (Å²) in [5, 5.41) is 3.12. The lowest BCUT2D eigenvalue weighted by Crippen LogP contribution is -2.15. The van der Waals surface area contributed by atoms with Crippen LogP contribution in [0, 0.1) is 5.82 Å². The molecule has 136 valence electrons. The predicted molar refractivity (Wildman–Crippen MR) is 102 cm³/mol. The first kappa shape index (κ1) is 20.0. The molecule has 1 atom stereocenters. The maximum atomic E-state index is 13.5. The molecule has 0 heterocycles. The third kappa shape index (κ3) is 5.32. The molecule has 0 bridgehead atoms. The first-order valence-electron chi connectivity index (χ1n) is 8.07. The molecule has 0 saturated carbocycles. The molecule has 1 unspecified atom stereocenters. The second-order valence-corrected chi connectivity index (χ2v) is 8.20. The van der Waals surface area contributed by atoms with Crippen LogP contribution in [-0.2, 0) is 13.6 Å². The van der Waals surface area contributed by atoms with E-state index in [0.717, 1.165) is 10.5 Å². The van der Waals surface area contributed by atoms with Crippen LogP contribution in [-0.4, -0.2) is 19.5 Å². The Kier molecular flexibility index (Phi) is 7.51. The van der Waals surface area contributed by atoms with Gasteiger partial charge >= 0.3 is 7.60 Å². The molecule has 0 fully saturated rings. The van der Waals surface area contributed by atoms with Crippen LogP contribution < -0.4 is 5.32 Å². The van der Waals surface area contributed by atoms with Crippen molar-refractivity contribution in [2.75, 3.05) is 24.8 Å². The standard InChI is InChI=1S/C18H23FNO3PS/c1-4-22-24(21,23-5-2)18(14-9-11-17(25-3)12-10-14)20-16-8-6-7-15(19)13-16/h6-13,18,20H,4-5H2,1-3H3. The SMILES string of the molecule is CCOP(=O)(OCC)C(Nc1cccc(F)c1)c1ccc(SC)cc1. The third-order valence-electron chi connectivity index (χ3n) is 3.49. The third-order valence-corrected chi connectivity index (χ3v) is 6.53. The van der Waals surface area contributed by atoms with Gasteiger partial charge < -0.3 is 14.4 Å². The predicted octanol–water partition coefficient (Wildman–Crippen LogP) is 5.92. The van der Waals surface area contributed by atoms with Gasteiger partial charge in [0.05, 0.1) is 13.2 Å². The van der Waals surface area contributed by atoms with Crippen molar-refractivity contribution in [3.05, 3.63) is 59.9 Å². The summed E-state index contributed by atoms with van der Waals surface area (Å²) in [6, 6.07) is 13.7. The summed E-state index contributed by atoms with van der Waals surface area (Å²) in [6.07, 6.45) is 1.99. The van der Waals surface area contributed by atoms with E-state index in [1.165, 1.54) is 12.1 Å². The Hall–Kier alpha value is -1.33. The van der Waals surface area contributed by atoms with Crippen molar-refractivity contribution >= 4 is 25.0 Å². The number of halogens is 1. The molecule has 0 radical (unpaired) electrons. The van der Waals surface area contributed by atoms with E-state index in [0.29, 0.717) is 5.69 Å². The number of nitrogens with one attached hydrogen (secondary N) is 1. The zero-order valence-electron chi connectivity index (χ0n) is 14.6. The molecule has 0 saturated heterocycles. The van der Waals surface area contributed by atoms with Crippen LogP contribution in [0.1, 0.15) is 25.2 Å². The lowest BCUT2D eigenvalue weighted by molar-refractivity contribution is 0.214. The van der Waals surface area contributed by atoms with E-state index in [2.05, 4.69) is 5.32 Å². The summed E-state index contributed by atoms with van der Waals surface area (Å²) in [4.78, 5) is 1.09. The van der Waals surface area contributed by atoms with Crippen LogP contribution in [0.25, 0.3) is 0 Å². The van der Waals surface area contributed by atoms with Crippen LogP contribution in [0.5, 0.6) is 0 Å². The minimum Gasteiger partial charge on any atom is -0.368 e. The summed E-state index contributed by atoms with van der Waals surface area (Å²) in [5.74, 6) is -1.10. The summed E-state index contributed by atoms with van der Waals surface area (Å²) >= 11 is 1.62. The highest BCUT2D eigenvalue weighted by atomic mass is 32.2. The molecule has 0 spiro atoms. The molecule has 1 N–H and O–H groups in total. The molecule has 7 heteroatoms. The first-order chi connectivity index (χ1) is 12.0. The van der Waals surface area contributed by atoms with Crippen molar-refractivity contribution in [3.8, 4) is 0 Å². The fourth-order valence-corrected chi connectivity index (χ4v) is 4.76. The van der Waals surface area contributed by atoms with E-state index in [1.807, 2.05) is 30.5 Å². The van der Waals surface area contributed by atoms with Gasteiger partial charge in [0.1, 0.15) is 5.82 Å². The van der Waals surface area contributed by atoms with Gasteiger partial charge in [0.2, 0.25) is 0 Å². The zero-order valence-corrected chi connectivity index (χ0v) is 16.3. The average Bonchev–Trinajstić information content (AvgIpc) is 2.60. The zero-order chi connectivity index (χ0) is 18.3. The largest absolute Gasteiger partial charge is 0.368 e. The number of thioether (sulfide) groups is 1. The van der Waals surface area contributed by atoms with Gasteiger partial charge in [0, 0.05) is 10.6 Å². The van der Waals surface area contributed by atoms with E-state index in [9.17, 15) is 8.96 Å². The molecule has 2 aromatic carbocycles. The fraction of sp³-hybridized carbons (Fsp3) is 0.333. The summed E-state index contributed by atoms with van der Waals surface area (Å²) < 4.78 is 37.9. The summed E-state index contributed by atoms with van der Waals surface area (Å²) in [5.41, 5.74) is 1.27. The van der Waals surface area contributed by atoms with E-state index in [1.54, 1.807) is 37.7 Å². The van der Waals surface area contributed by atoms with Gasteiger partial charge in [-0.05, 0) is 56.0 Å². The Bertz CT molecular complexity index is 717. The smallest absolute Gasteiger partial charge is 0.357 e. The topological polar surface area (TPSA) is 47.6 Å². The van der Waals surface area contributed by atoms with Gasteiger partial charge in [-0.3, -0.25) is 4.57 Å². The highest BCUT2D eigenvalue weighted by Crippen LogP contribution is 2.60. The molecule has 25 heavy (non-hydrogen) atoms. The Balaban J connectivity index is 2.43. The lowest BCUT2D eigenvalue weighted by atomic mass is 10.2. The quantitative estimate of drug-likeness (QED) is 0.430. The first-order valence-corrected chi connectivity index (χ1v) is 10.9. The van der Waals surface area contributed by atoms with Gasteiger partial charge in [0.15, 0.2) is 5.78 Å². The molecule has 2 rings (SSSR count). The highest BCUT2D eigenvalue weighted by Gasteiger charge is 2.37. The molecule has 0 aliphatic heterocycles. The summed E-state index contributed by atoms with van der Waals surface area (Å²) in [6.45, 7) is 4.03. The van der Waals surface area contributed by atoms with Crippen LogP contribution in [0.2, 0.25) is 0 Å². The van der Waals surface area contributed by atoms with E-state index < -0.39 is 13.4 Å². The summed E-state index contributed by atoms with van der Waals surface area (Å²) in [7, 11) is -3.50. The van der Waals surface area contributed by atoms with Gasteiger partial charge in [-0.1, -0.05) is 18.2 Å². The number of anilines is 1. The van der Waals surface area contributed by atoms with Crippen molar-refractivity contribution in [3.63, 3.8) is 0 Å². The number of rotatable bonds is 9. The van der Waals surface area contributed by atoms with Crippen molar-refractivity contribution in [1.82, 2.24) is 0 Å².